The van der Waals surface area contributed by atoms with Gasteiger partial charge in [0.05, 0.1) is 18.8 Å². The quantitative estimate of drug-likeness (QED) is 0.803. The number of rotatable bonds is 2. The van der Waals surface area contributed by atoms with Crippen LogP contribution in [0.15, 0.2) is 18.3 Å². The van der Waals surface area contributed by atoms with Crippen molar-refractivity contribution in [3.05, 3.63) is 23.9 Å². The van der Waals surface area contributed by atoms with Gasteiger partial charge in [0.15, 0.2) is 0 Å². The van der Waals surface area contributed by atoms with Crippen LogP contribution in [0.3, 0.4) is 0 Å². The fraction of sp³-hybridized carbons (Fsp3) is 0.200. The first-order valence-corrected chi connectivity index (χ1v) is 4.36. The molecule has 0 aliphatic carbocycles. The number of hydrogen-bond acceptors (Lipinski definition) is 3. The largest absolute Gasteiger partial charge is 0.496 e. The Hall–Kier alpha value is -2.04. The van der Waals surface area contributed by atoms with Gasteiger partial charge in [-0.05, 0) is 12.1 Å². The van der Waals surface area contributed by atoms with Crippen LogP contribution in [0.4, 0.5) is 0 Å². The molecule has 1 aromatic carbocycles. The molecule has 5 heteroatoms. The van der Waals surface area contributed by atoms with Crippen molar-refractivity contribution in [2.45, 2.75) is 0 Å². The number of carbonyl (C=O) groups is 1. The van der Waals surface area contributed by atoms with Gasteiger partial charge in [0.25, 0.3) is 0 Å². The zero-order valence-corrected chi connectivity index (χ0v) is 8.39. The van der Waals surface area contributed by atoms with E-state index in [0.717, 1.165) is 10.9 Å². The second-order valence-electron chi connectivity index (χ2n) is 3.18. The average Bonchev–Trinajstić information content (AvgIpc) is 2.58. The first-order valence-electron chi connectivity index (χ1n) is 4.36. The lowest BCUT2D eigenvalue weighted by molar-refractivity contribution is 0.0693. The van der Waals surface area contributed by atoms with Crippen molar-refractivity contribution in [1.82, 2.24) is 9.78 Å². The summed E-state index contributed by atoms with van der Waals surface area (Å²) in [6, 6.07) is 3.23. The molecule has 1 heterocycles. The molecule has 0 spiro atoms. The van der Waals surface area contributed by atoms with Gasteiger partial charge in [0.2, 0.25) is 0 Å². The molecule has 15 heavy (non-hydrogen) atoms. The molecule has 0 atom stereocenters. The number of ether oxygens (including phenoxy) is 1. The number of methoxy groups -OCH3 is 1. The fourth-order valence-corrected chi connectivity index (χ4v) is 1.51. The van der Waals surface area contributed by atoms with E-state index >= 15 is 0 Å². The minimum atomic E-state index is -1.00. The lowest BCUT2D eigenvalue weighted by Gasteiger charge is -2.05. The number of aromatic carboxylic acids is 1. The molecule has 0 aliphatic rings. The lowest BCUT2D eigenvalue weighted by atomic mass is 10.1. The Morgan fingerprint density at radius 3 is 2.87 bits per heavy atom. The van der Waals surface area contributed by atoms with Crippen LogP contribution < -0.4 is 4.74 Å². The number of aromatic nitrogens is 2. The van der Waals surface area contributed by atoms with Crippen LogP contribution >= 0.6 is 0 Å². The van der Waals surface area contributed by atoms with E-state index < -0.39 is 5.97 Å². The number of fused-ring (bicyclic) bond motifs is 1. The van der Waals surface area contributed by atoms with Gasteiger partial charge in [-0.15, -0.1) is 0 Å². The Balaban J connectivity index is 2.77. The Labute approximate surface area is 85.9 Å². The SMILES string of the molecule is COc1cc2cnn(C)c2cc1C(=O)O. The van der Waals surface area contributed by atoms with Crippen LogP contribution in [0.25, 0.3) is 10.9 Å². The summed E-state index contributed by atoms with van der Waals surface area (Å²) in [5, 5.41) is 13.9. The highest BCUT2D eigenvalue weighted by Gasteiger charge is 2.13. The van der Waals surface area contributed by atoms with E-state index in [4.69, 9.17) is 9.84 Å². The van der Waals surface area contributed by atoms with E-state index in [9.17, 15) is 4.79 Å². The second kappa shape index (κ2) is 3.27. The molecule has 0 bridgehead atoms. The maximum Gasteiger partial charge on any atom is 0.339 e. The van der Waals surface area contributed by atoms with E-state index in [1.807, 2.05) is 0 Å². The van der Waals surface area contributed by atoms with E-state index in [1.165, 1.54) is 7.11 Å². The summed E-state index contributed by atoms with van der Waals surface area (Å²) in [4.78, 5) is 10.9. The second-order valence-corrected chi connectivity index (χ2v) is 3.18. The monoisotopic (exact) mass is 206 g/mol. The number of aryl methyl sites for hydroxylation is 1. The van der Waals surface area contributed by atoms with Gasteiger partial charge in [0, 0.05) is 12.4 Å². The van der Waals surface area contributed by atoms with Crippen molar-refractivity contribution in [2.24, 2.45) is 7.05 Å². The molecule has 2 rings (SSSR count). The summed E-state index contributed by atoms with van der Waals surface area (Å²) >= 11 is 0. The summed E-state index contributed by atoms with van der Waals surface area (Å²) in [5.41, 5.74) is 0.918. The molecule has 0 saturated carbocycles. The summed E-state index contributed by atoms with van der Waals surface area (Å²) in [5.74, 6) is -0.655. The predicted molar refractivity (Wildman–Crippen MR) is 54.2 cm³/mol. The van der Waals surface area contributed by atoms with Gasteiger partial charge in [-0.2, -0.15) is 5.10 Å². The Morgan fingerprint density at radius 2 is 2.27 bits per heavy atom. The zero-order valence-electron chi connectivity index (χ0n) is 8.39. The molecular weight excluding hydrogens is 196 g/mol. The third-order valence-electron chi connectivity index (χ3n) is 2.30. The predicted octanol–water partition coefficient (Wildman–Crippen LogP) is 1.28. The number of carboxylic acid groups (broad SMARTS) is 1. The maximum absolute atomic E-state index is 10.9. The molecule has 2 aromatic rings. The number of carboxylic acids is 1. The smallest absolute Gasteiger partial charge is 0.339 e. The van der Waals surface area contributed by atoms with Gasteiger partial charge >= 0.3 is 5.97 Å². The Kier molecular flexibility index (Phi) is 2.07. The first-order chi connectivity index (χ1) is 7.13. The number of hydrogen-bond donors (Lipinski definition) is 1. The van der Waals surface area contributed by atoms with Crippen LogP contribution in [0.5, 0.6) is 5.75 Å². The number of nitrogens with zero attached hydrogens (tertiary/aromatic N) is 2. The first kappa shape index (κ1) is 9.51. The van der Waals surface area contributed by atoms with E-state index in [2.05, 4.69) is 5.10 Å². The minimum Gasteiger partial charge on any atom is -0.496 e. The summed E-state index contributed by atoms with van der Waals surface area (Å²) in [6.07, 6.45) is 1.67. The highest BCUT2D eigenvalue weighted by atomic mass is 16.5. The van der Waals surface area contributed by atoms with Crippen molar-refractivity contribution in [1.29, 1.82) is 0 Å². The van der Waals surface area contributed by atoms with Crippen LogP contribution in [0, 0.1) is 0 Å². The normalized spacial score (nSPS) is 10.5. The molecule has 0 aliphatic heterocycles. The van der Waals surface area contributed by atoms with Gasteiger partial charge in [-0.25, -0.2) is 4.79 Å². The van der Waals surface area contributed by atoms with Crippen molar-refractivity contribution in [2.75, 3.05) is 7.11 Å². The average molecular weight is 206 g/mol. The maximum atomic E-state index is 10.9. The fourth-order valence-electron chi connectivity index (χ4n) is 1.51. The molecule has 0 amide bonds. The highest BCUT2D eigenvalue weighted by molar-refractivity contribution is 5.96. The van der Waals surface area contributed by atoms with Gasteiger partial charge in [-0.1, -0.05) is 0 Å². The minimum absolute atomic E-state index is 0.147. The van der Waals surface area contributed by atoms with Crippen LogP contribution in [-0.2, 0) is 7.05 Å². The zero-order chi connectivity index (χ0) is 11.0. The van der Waals surface area contributed by atoms with Gasteiger partial charge < -0.3 is 9.84 Å². The summed E-state index contributed by atoms with van der Waals surface area (Å²) in [6.45, 7) is 0. The van der Waals surface area contributed by atoms with Crippen molar-refractivity contribution < 1.29 is 14.6 Å². The van der Waals surface area contributed by atoms with Crippen molar-refractivity contribution in [3.63, 3.8) is 0 Å². The molecule has 0 fully saturated rings. The van der Waals surface area contributed by atoms with Crippen LogP contribution in [-0.4, -0.2) is 28.0 Å². The molecule has 0 radical (unpaired) electrons. The third kappa shape index (κ3) is 1.41. The van der Waals surface area contributed by atoms with E-state index in [1.54, 1.807) is 30.1 Å². The van der Waals surface area contributed by atoms with Gasteiger partial charge in [-0.3, -0.25) is 4.68 Å². The number of benzene rings is 1. The Morgan fingerprint density at radius 1 is 1.53 bits per heavy atom. The summed E-state index contributed by atoms with van der Waals surface area (Å²) < 4.78 is 6.63. The molecule has 0 saturated heterocycles. The molecule has 78 valence electrons. The van der Waals surface area contributed by atoms with Crippen LogP contribution in [0.2, 0.25) is 0 Å². The molecule has 1 aromatic heterocycles. The highest BCUT2D eigenvalue weighted by Crippen LogP contribution is 2.25. The van der Waals surface area contributed by atoms with E-state index in [0.29, 0.717) is 5.75 Å². The van der Waals surface area contributed by atoms with Gasteiger partial charge in [0.1, 0.15) is 11.3 Å². The summed E-state index contributed by atoms with van der Waals surface area (Å²) in [7, 11) is 3.21. The topological polar surface area (TPSA) is 64.4 Å². The lowest BCUT2D eigenvalue weighted by Crippen LogP contribution is -2.01. The standard InChI is InChI=1S/C10H10N2O3/c1-12-8-4-7(10(13)14)9(15-2)3-6(8)5-11-12/h3-5H,1-2H3,(H,13,14). The third-order valence-corrected chi connectivity index (χ3v) is 2.30. The molecule has 0 unspecified atom stereocenters. The molecule has 5 nitrogen and oxygen atoms in total. The molecule has 1 N–H and O–H groups in total. The van der Waals surface area contributed by atoms with E-state index in [-0.39, 0.29) is 5.56 Å². The Bertz CT molecular complexity index is 531. The molecular formula is C10H10N2O3. The van der Waals surface area contributed by atoms with Crippen molar-refractivity contribution in [3.8, 4) is 5.75 Å². The van der Waals surface area contributed by atoms with Crippen molar-refractivity contribution >= 4 is 16.9 Å². The van der Waals surface area contributed by atoms with Crippen LogP contribution in [0.1, 0.15) is 10.4 Å².